The minimum Gasteiger partial charge on any atom is -0.255 e. The SMILES string of the molecule is [C]1=NC2C=CC=CC2C=N1. The quantitative estimate of drug-likeness (QED) is 0.470. The molecule has 0 fully saturated rings. The van der Waals surface area contributed by atoms with Gasteiger partial charge in [0.05, 0.1) is 6.04 Å². The number of nitrogens with zero attached hydrogens (tertiary/aromatic N) is 2. The number of rotatable bonds is 0. The first-order valence-corrected chi connectivity index (χ1v) is 3.30. The molecule has 10 heavy (non-hydrogen) atoms. The minimum absolute atomic E-state index is 0.252. The van der Waals surface area contributed by atoms with Crippen LogP contribution in [0.1, 0.15) is 0 Å². The Morgan fingerprint density at radius 1 is 1.20 bits per heavy atom. The van der Waals surface area contributed by atoms with E-state index in [1.807, 2.05) is 18.4 Å². The molecule has 2 atom stereocenters. The van der Waals surface area contributed by atoms with E-state index in [2.05, 4.69) is 28.5 Å². The van der Waals surface area contributed by atoms with Crippen molar-refractivity contribution >= 4 is 12.6 Å². The number of aliphatic imine (C=N–C) groups is 2. The van der Waals surface area contributed by atoms with Crippen LogP contribution >= 0.6 is 0 Å². The Balaban J connectivity index is 2.28. The van der Waals surface area contributed by atoms with Crippen molar-refractivity contribution in [1.82, 2.24) is 0 Å². The normalized spacial score (nSPS) is 34.4. The summed E-state index contributed by atoms with van der Waals surface area (Å²) >= 11 is 0. The molecule has 2 nitrogen and oxygen atoms in total. The molecular formula is C8H7N2. The topological polar surface area (TPSA) is 24.7 Å². The van der Waals surface area contributed by atoms with Crippen molar-refractivity contribution in [1.29, 1.82) is 0 Å². The molecule has 2 aliphatic rings. The second-order valence-corrected chi connectivity index (χ2v) is 2.35. The van der Waals surface area contributed by atoms with Gasteiger partial charge in [-0.15, -0.1) is 0 Å². The van der Waals surface area contributed by atoms with Gasteiger partial charge in [-0.05, 0) is 0 Å². The van der Waals surface area contributed by atoms with E-state index in [0.29, 0.717) is 5.92 Å². The van der Waals surface area contributed by atoms with Crippen molar-refractivity contribution in [3.05, 3.63) is 24.3 Å². The fraction of sp³-hybridized carbons (Fsp3) is 0.250. The zero-order chi connectivity index (χ0) is 6.81. The molecule has 0 bridgehead atoms. The van der Waals surface area contributed by atoms with Gasteiger partial charge in [-0.3, -0.25) is 4.99 Å². The summed E-state index contributed by atoms with van der Waals surface area (Å²) in [5, 5.41) is 0. The summed E-state index contributed by atoms with van der Waals surface area (Å²) in [6.45, 7) is 0. The Morgan fingerprint density at radius 2 is 2.10 bits per heavy atom. The van der Waals surface area contributed by atoms with Crippen LogP contribution in [0.15, 0.2) is 34.3 Å². The third-order valence-corrected chi connectivity index (χ3v) is 1.66. The van der Waals surface area contributed by atoms with Gasteiger partial charge in [0.2, 0.25) is 0 Å². The zero-order valence-corrected chi connectivity index (χ0v) is 5.44. The van der Waals surface area contributed by atoms with Crippen molar-refractivity contribution in [3.8, 4) is 0 Å². The van der Waals surface area contributed by atoms with Crippen LogP contribution in [0.3, 0.4) is 0 Å². The first-order valence-electron chi connectivity index (χ1n) is 3.30. The predicted octanol–water partition coefficient (Wildman–Crippen LogP) is 1.09. The molecule has 1 radical (unpaired) electrons. The number of allylic oxidation sites excluding steroid dienone is 2. The fourth-order valence-corrected chi connectivity index (χ4v) is 1.10. The molecule has 2 unspecified atom stereocenters. The Morgan fingerprint density at radius 3 is 3.00 bits per heavy atom. The van der Waals surface area contributed by atoms with E-state index >= 15 is 0 Å². The lowest BCUT2D eigenvalue weighted by molar-refractivity contribution is 0.725. The van der Waals surface area contributed by atoms with Crippen molar-refractivity contribution in [3.63, 3.8) is 0 Å². The smallest absolute Gasteiger partial charge is 0.193 e. The van der Waals surface area contributed by atoms with Gasteiger partial charge in [-0.25, -0.2) is 4.99 Å². The molecule has 0 saturated heterocycles. The molecule has 1 aliphatic carbocycles. The largest absolute Gasteiger partial charge is 0.255 e. The average Bonchev–Trinajstić information content (AvgIpc) is 2.05. The van der Waals surface area contributed by atoms with E-state index in [-0.39, 0.29) is 6.04 Å². The van der Waals surface area contributed by atoms with Gasteiger partial charge in [-0.1, -0.05) is 24.3 Å². The van der Waals surface area contributed by atoms with Gasteiger partial charge >= 0.3 is 0 Å². The minimum atomic E-state index is 0.252. The first kappa shape index (κ1) is 5.59. The highest BCUT2D eigenvalue weighted by molar-refractivity contribution is 5.79. The lowest BCUT2D eigenvalue weighted by Gasteiger charge is -2.17. The van der Waals surface area contributed by atoms with Gasteiger partial charge in [-0.2, -0.15) is 0 Å². The second-order valence-electron chi connectivity index (χ2n) is 2.35. The number of fused-ring (bicyclic) bond motifs is 1. The lowest BCUT2D eigenvalue weighted by atomic mass is 9.96. The second kappa shape index (κ2) is 2.21. The molecule has 0 aromatic heterocycles. The Labute approximate surface area is 59.7 Å². The van der Waals surface area contributed by atoms with Gasteiger partial charge in [0.15, 0.2) is 6.34 Å². The molecule has 0 amide bonds. The van der Waals surface area contributed by atoms with Crippen LogP contribution in [0.25, 0.3) is 0 Å². The van der Waals surface area contributed by atoms with Crippen LogP contribution in [0.5, 0.6) is 0 Å². The van der Waals surface area contributed by atoms with E-state index < -0.39 is 0 Å². The van der Waals surface area contributed by atoms with Crippen molar-refractivity contribution in [2.24, 2.45) is 15.9 Å². The summed E-state index contributed by atoms with van der Waals surface area (Å²) in [7, 11) is 0. The van der Waals surface area contributed by atoms with Gasteiger partial charge in [0.1, 0.15) is 0 Å². The molecule has 0 aromatic carbocycles. The molecule has 2 rings (SSSR count). The van der Waals surface area contributed by atoms with Crippen LogP contribution < -0.4 is 0 Å². The molecule has 49 valence electrons. The molecule has 1 aliphatic heterocycles. The van der Waals surface area contributed by atoms with E-state index in [4.69, 9.17) is 0 Å². The number of hydrogen-bond acceptors (Lipinski definition) is 2. The van der Waals surface area contributed by atoms with Crippen LogP contribution in [0, 0.1) is 5.92 Å². The Bertz CT molecular complexity index is 186. The highest BCUT2D eigenvalue weighted by Crippen LogP contribution is 2.15. The molecule has 0 N–H and O–H groups in total. The monoisotopic (exact) mass is 131 g/mol. The van der Waals surface area contributed by atoms with E-state index in [0.717, 1.165) is 0 Å². The summed E-state index contributed by atoms with van der Waals surface area (Å²) in [6, 6.07) is 0.252. The maximum absolute atomic E-state index is 4.07. The van der Waals surface area contributed by atoms with E-state index in [1.54, 1.807) is 0 Å². The Kier molecular flexibility index (Phi) is 1.24. The third kappa shape index (κ3) is 0.817. The van der Waals surface area contributed by atoms with Crippen molar-refractivity contribution in [2.45, 2.75) is 6.04 Å². The summed E-state index contributed by atoms with van der Waals surface area (Å²) in [5.41, 5.74) is 0. The molecule has 0 spiro atoms. The fourth-order valence-electron chi connectivity index (χ4n) is 1.10. The third-order valence-electron chi connectivity index (χ3n) is 1.66. The Hall–Kier alpha value is -1.18. The van der Waals surface area contributed by atoms with Crippen molar-refractivity contribution in [2.75, 3.05) is 0 Å². The van der Waals surface area contributed by atoms with Gasteiger partial charge in [0, 0.05) is 12.1 Å². The van der Waals surface area contributed by atoms with Crippen LogP contribution in [0.2, 0.25) is 0 Å². The summed E-state index contributed by atoms with van der Waals surface area (Å²) in [6.07, 6.45) is 12.6. The lowest BCUT2D eigenvalue weighted by Crippen LogP contribution is -2.20. The summed E-state index contributed by atoms with van der Waals surface area (Å²) < 4.78 is 0. The average molecular weight is 131 g/mol. The van der Waals surface area contributed by atoms with Crippen LogP contribution in [-0.4, -0.2) is 18.6 Å². The molecule has 0 aromatic rings. The summed E-state index contributed by atoms with van der Waals surface area (Å²) in [4.78, 5) is 7.90. The zero-order valence-electron chi connectivity index (χ0n) is 5.44. The van der Waals surface area contributed by atoms with Gasteiger partial charge < -0.3 is 0 Å². The first-order chi connectivity index (χ1) is 4.97. The molecule has 1 heterocycles. The standard InChI is InChI=1S/C8H7N2/c1-2-4-8-7(3-1)5-9-6-10-8/h1-5,7-8H. The van der Waals surface area contributed by atoms with Crippen LogP contribution in [-0.2, 0) is 0 Å². The van der Waals surface area contributed by atoms with Crippen molar-refractivity contribution < 1.29 is 0 Å². The van der Waals surface area contributed by atoms with E-state index in [1.165, 1.54) is 0 Å². The predicted molar refractivity (Wildman–Crippen MR) is 41.5 cm³/mol. The maximum Gasteiger partial charge on any atom is 0.193 e. The highest BCUT2D eigenvalue weighted by Gasteiger charge is 2.16. The molecule has 0 saturated carbocycles. The van der Waals surface area contributed by atoms with Crippen LogP contribution in [0.4, 0.5) is 0 Å². The number of hydrogen-bond donors (Lipinski definition) is 0. The molecule has 2 heteroatoms. The van der Waals surface area contributed by atoms with Gasteiger partial charge in [0.25, 0.3) is 0 Å². The van der Waals surface area contributed by atoms with E-state index in [9.17, 15) is 0 Å². The molecular weight excluding hydrogens is 124 g/mol. The highest BCUT2D eigenvalue weighted by atomic mass is 14.9. The maximum atomic E-state index is 4.07. The summed E-state index contributed by atoms with van der Waals surface area (Å²) in [5.74, 6) is 0.367.